The van der Waals surface area contributed by atoms with E-state index in [1.165, 1.54) is 19.0 Å². The van der Waals surface area contributed by atoms with Crippen molar-refractivity contribution in [1.29, 1.82) is 10.5 Å². The summed E-state index contributed by atoms with van der Waals surface area (Å²) in [6.07, 6.45) is 10.1. The van der Waals surface area contributed by atoms with Crippen molar-refractivity contribution >= 4 is 33.1 Å². The molecule has 0 amide bonds. The molecule has 2 aromatic carbocycles. The van der Waals surface area contributed by atoms with Gasteiger partial charge in [0, 0.05) is 35.4 Å². The molecule has 2 saturated carbocycles. The second kappa shape index (κ2) is 10.7. The molecular formula is C35H35N9O. The van der Waals surface area contributed by atoms with Gasteiger partial charge >= 0.3 is 0 Å². The van der Waals surface area contributed by atoms with Crippen LogP contribution in [0.2, 0.25) is 0 Å². The first-order valence-electron chi connectivity index (χ1n) is 15.4. The zero-order chi connectivity index (χ0) is 31.3. The fourth-order valence-electron chi connectivity index (χ4n) is 6.40. The average molecular weight is 598 g/mol. The van der Waals surface area contributed by atoms with E-state index in [0.29, 0.717) is 51.7 Å². The van der Waals surface area contributed by atoms with E-state index in [9.17, 15) is 10.5 Å². The Bertz CT molecular complexity index is 2020. The van der Waals surface area contributed by atoms with Gasteiger partial charge in [0.2, 0.25) is 5.88 Å². The number of fused-ring (bicyclic) bond motifs is 2. The Kier molecular flexibility index (Phi) is 6.81. The van der Waals surface area contributed by atoms with Crippen molar-refractivity contribution in [2.75, 3.05) is 24.3 Å². The summed E-state index contributed by atoms with van der Waals surface area (Å²) in [7, 11) is 1.62. The first-order valence-corrected chi connectivity index (χ1v) is 15.4. The van der Waals surface area contributed by atoms with E-state index in [2.05, 4.69) is 75.7 Å². The Hall–Kier alpha value is -5.22. The third kappa shape index (κ3) is 5.17. The van der Waals surface area contributed by atoms with E-state index < -0.39 is 6.04 Å². The Morgan fingerprint density at radius 1 is 1.04 bits per heavy atom. The summed E-state index contributed by atoms with van der Waals surface area (Å²) in [5, 5.41) is 39.3. The van der Waals surface area contributed by atoms with E-state index in [4.69, 9.17) is 9.84 Å². The summed E-state index contributed by atoms with van der Waals surface area (Å²) >= 11 is 0. The van der Waals surface area contributed by atoms with Crippen molar-refractivity contribution in [2.24, 2.45) is 11.3 Å². The molecule has 10 heteroatoms. The normalized spacial score (nSPS) is 16.1. The minimum absolute atomic E-state index is 0.0309. The molecule has 2 aliphatic carbocycles. The Morgan fingerprint density at radius 3 is 2.53 bits per heavy atom. The first kappa shape index (κ1) is 28.5. The molecule has 0 bridgehead atoms. The van der Waals surface area contributed by atoms with Gasteiger partial charge in [-0.15, -0.1) is 5.10 Å². The van der Waals surface area contributed by atoms with Crippen LogP contribution in [0.25, 0.3) is 21.7 Å². The molecule has 3 aromatic heterocycles. The predicted molar refractivity (Wildman–Crippen MR) is 173 cm³/mol. The van der Waals surface area contributed by atoms with Gasteiger partial charge in [-0.05, 0) is 72.2 Å². The summed E-state index contributed by atoms with van der Waals surface area (Å²) in [6, 6.07) is 16.0. The number of hydrogen-bond donors (Lipinski definition) is 2. The zero-order valence-corrected chi connectivity index (χ0v) is 25.9. The van der Waals surface area contributed by atoms with E-state index in [-0.39, 0.29) is 11.0 Å². The lowest BCUT2D eigenvalue weighted by Gasteiger charge is -2.23. The van der Waals surface area contributed by atoms with Gasteiger partial charge in [0.1, 0.15) is 17.8 Å². The number of nitrogens with zero attached hydrogens (tertiary/aromatic N) is 7. The third-order valence-electron chi connectivity index (χ3n) is 8.99. The Labute approximate surface area is 262 Å². The van der Waals surface area contributed by atoms with Crippen LogP contribution in [0.1, 0.15) is 74.9 Å². The van der Waals surface area contributed by atoms with E-state index in [0.717, 1.165) is 34.9 Å². The highest BCUT2D eigenvalue weighted by molar-refractivity contribution is 5.99. The number of anilines is 2. The fourth-order valence-corrected chi connectivity index (χ4v) is 6.40. The maximum absolute atomic E-state index is 10.2. The standard InChI is InChI=1S/C35H35N9O/c1-34(2,3)20-40-31-22(17-37)18-39-30-21(16-36)14-24(15-28(30)31)41-32(26-6-5-7-27-25(26)10-13-38-33(27)45-4)29-19-44(43-42-29)35(11-12-35)23-8-9-23/h5-7,10,13-15,18-19,23,32,41H,8-9,11-12,20H2,1-4H3,(H,39,40)/t32-/m0/s1. The van der Waals surface area contributed by atoms with Crippen LogP contribution in [-0.4, -0.2) is 38.6 Å². The van der Waals surface area contributed by atoms with Crippen LogP contribution < -0.4 is 15.4 Å². The van der Waals surface area contributed by atoms with E-state index in [1.54, 1.807) is 13.3 Å². The first-order chi connectivity index (χ1) is 21.7. The maximum atomic E-state index is 10.2. The smallest absolute Gasteiger partial charge is 0.221 e. The lowest BCUT2D eigenvalue weighted by Crippen LogP contribution is -2.20. The lowest BCUT2D eigenvalue weighted by molar-refractivity contribution is 0.371. The van der Waals surface area contributed by atoms with Crippen molar-refractivity contribution < 1.29 is 4.74 Å². The molecule has 10 nitrogen and oxygen atoms in total. The number of methoxy groups -OCH3 is 1. The summed E-state index contributed by atoms with van der Waals surface area (Å²) < 4.78 is 7.68. The van der Waals surface area contributed by atoms with Crippen LogP contribution in [0.15, 0.2) is 55.0 Å². The lowest BCUT2D eigenvalue weighted by atomic mass is 9.96. The monoisotopic (exact) mass is 597 g/mol. The van der Waals surface area contributed by atoms with Gasteiger partial charge in [-0.2, -0.15) is 10.5 Å². The number of nitriles is 2. The summed E-state index contributed by atoms with van der Waals surface area (Å²) in [6.45, 7) is 7.03. The van der Waals surface area contributed by atoms with Gasteiger partial charge in [-0.25, -0.2) is 9.67 Å². The second-order valence-electron chi connectivity index (χ2n) is 13.4. The topological polar surface area (TPSA) is 137 Å². The molecular weight excluding hydrogens is 562 g/mol. The molecule has 5 aromatic rings. The van der Waals surface area contributed by atoms with Gasteiger partial charge in [-0.1, -0.05) is 38.1 Å². The minimum atomic E-state index is -0.411. The third-order valence-corrected chi connectivity index (χ3v) is 8.99. The van der Waals surface area contributed by atoms with Gasteiger partial charge < -0.3 is 15.4 Å². The number of ether oxygens (including phenoxy) is 1. The number of rotatable bonds is 9. The molecule has 3 heterocycles. The molecule has 0 saturated heterocycles. The van der Waals surface area contributed by atoms with Gasteiger partial charge in [0.15, 0.2) is 0 Å². The van der Waals surface area contributed by atoms with Gasteiger partial charge in [-0.3, -0.25) is 4.98 Å². The Morgan fingerprint density at radius 2 is 1.84 bits per heavy atom. The predicted octanol–water partition coefficient (Wildman–Crippen LogP) is 6.69. The van der Waals surface area contributed by atoms with Crippen LogP contribution in [-0.2, 0) is 5.54 Å². The molecule has 45 heavy (non-hydrogen) atoms. The summed E-state index contributed by atoms with van der Waals surface area (Å²) in [5.41, 5.74) is 4.57. The molecule has 2 aliphatic rings. The molecule has 2 N–H and O–H groups in total. The average Bonchev–Trinajstić information content (AvgIpc) is 3.98. The molecule has 7 rings (SSSR count). The fraction of sp³-hybridized carbons (Fsp3) is 0.371. The zero-order valence-electron chi connectivity index (χ0n) is 25.9. The minimum Gasteiger partial charge on any atom is -0.481 e. The molecule has 0 aliphatic heterocycles. The molecule has 0 spiro atoms. The SMILES string of the molecule is COc1nccc2c([C@H](Nc3cc(C#N)c4ncc(C#N)c(NCC(C)(C)C)c4c3)c3cn(C4(C5CC5)CC4)nn3)cccc12. The van der Waals surface area contributed by atoms with Crippen LogP contribution in [0, 0.1) is 34.0 Å². The van der Waals surface area contributed by atoms with Gasteiger partial charge in [0.05, 0.1) is 47.2 Å². The Balaban J connectivity index is 1.38. The quantitative estimate of drug-likeness (QED) is 0.190. The van der Waals surface area contributed by atoms with Crippen molar-refractivity contribution in [3.05, 3.63) is 77.4 Å². The number of nitrogens with one attached hydrogen (secondary N) is 2. The van der Waals surface area contributed by atoms with Crippen molar-refractivity contribution in [3.63, 3.8) is 0 Å². The van der Waals surface area contributed by atoms with Crippen LogP contribution >= 0.6 is 0 Å². The van der Waals surface area contributed by atoms with E-state index in [1.807, 2.05) is 30.3 Å². The van der Waals surface area contributed by atoms with Crippen molar-refractivity contribution in [1.82, 2.24) is 25.0 Å². The van der Waals surface area contributed by atoms with Crippen LogP contribution in [0.4, 0.5) is 11.4 Å². The van der Waals surface area contributed by atoms with E-state index >= 15 is 0 Å². The largest absolute Gasteiger partial charge is 0.481 e. The van der Waals surface area contributed by atoms with Crippen molar-refractivity contribution in [3.8, 4) is 18.0 Å². The number of hydrogen-bond acceptors (Lipinski definition) is 9. The molecule has 1 atom stereocenters. The molecule has 0 radical (unpaired) electrons. The van der Waals surface area contributed by atoms with Gasteiger partial charge in [0.25, 0.3) is 0 Å². The molecule has 0 unspecified atom stereocenters. The number of benzene rings is 2. The highest BCUT2D eigenvalue weighted by Crippen LogP contribution is 2.59. The second-order valence-corrected chi connectivity index (χ2v) is 13.4. The number of aromatic nitrogens is 5. The van der Waals surface area contributed by atoms with Crippen LogP contribution in [0.3, 0.4) is 0 Å². The maximum Gasteiger partial charge on any atom is 0.221 e. The summed E-state index contributed by atoms with van der Waals surface area (Å²) in [4.78, 5) is 8.94. The summed E-state index contributed by atoms with van der Waals surface area (Å²) in [5.74, 6) is 1.22. The molecule has 2 fully saturated rings. The van der Waals surface area contributed by atoms with Crippen LogP contribution in [0.5, 0.6) is 5.88 Å². The highest BCUT2D eigenvalue weighted by Gasteiger charge is 2.56. The van der Waals surface area contributed by atoms with Crippen molar-refractivity contribution in [2.45, 2.75) is 58.0 Å². The highest BCUT2D eigenvalue weighted by atomic mass is 16.5. The molecule has 226 valence electrons. The number of pyridine rings is 2.